The summed E-state index contributed by atoms with van der Waals surface area (Å²) >= 11 is 1.39. The van der Waals surface area contributed by atoms with Crippen LogP contribution in [0.15, 0.2) is 41.4 Å². The molecule has 2 aromatic rings. The van der Waals surface area contributed by atoms with Gasteiger partial charge < -0.3 is 5.73 Å². The van der Waals surface area contributed by atoms with Crippen molar-refractivity contribution in [2.24, 2.45) is 5.84 Å². The molecule has 0 bridgehead atoms. The summed E-state index contributed by atoms with van der Waals surface area (Å²) < 4.78 is 13.6. The molecule has 0 aliphatic heterocycles. The van der Waals surface area contributed by atoms with E-state index in [1.807, 2.05) is 13.0 Å². The van der Waals surface area contributed by atoms with Gasteiger partial charge in [-0.25, -0.2) is 9.37 Å². The second-order valence-electron chi connectivity index (χ2n) is 4.39. The number of nitrogens with one attached hydrogen (secondary N) is 1. The number of anilines is 1. The Kier molecular flexibility index (Phi) is 4.94. The predicted octanol–water partition coefficient (Wildman–Crippen LogP) is 2.41. The van der Waals surface area contributed by atoms with Crippen LogP contribution in [0.3, 0.4) is 0 Å². The first-order chi connectivity index (χ1) is 9.63. The number of pyridine rings is 1. The highest BCUT2D eigenvalue weighted by atomic mass is 32.2. The van der Waals surface area contributed by atoms with E-state index in [-0.39, 0.29) is 11.9 Å². The molecule has 1 atom stereocenters. The maximum atomic E-state index is 13.6. The molecule has 1 unspecified atom stereocenters. The Balaban J connectivity index is 2.16. The molecule has 6 heteroatoms. The van der Waals surface area contributed by atoms with Gasteiger partial charge in [0, 0.05) is 22.4 Å². The van der Waals surface area contributed by atoms with Crippen LogP contribution < -0.4 is 17.0 Å². The molecule has 0 spiro atoms. The van der Waals surface area contributed by atoms with Crippen LogP contribution in [0.25, 0.3) is 0 Å². The van der Waals surface area contributed by atoms with Crippen molar-refractivity contribution in [3.05, 3.63) is 53.5 Å². The molecule has 0 aliphatic rings. The van der Waals surface area contributed by atoms with Gasteiger partial charge in [-0.15, -0.1) is 11.8 Å². The average molecular weight is 292 g/mol. The zero-order valence-corrected chi connectivity index (χ0v) is 12.0. The third-order valence-corrected chi connectivity index (χ3v) is 4.17. The van der Waals surface area contributed by atoms with Gasteiger partial charge >= 0.3 is 0 Å². The van der Waals surface area contributed by atoms with Crippen LogP contribution in [0.4, 0.5) is 10.2 Å². The van der Waals surface area contributed by atoms with Gasteiger partial charge in [0.2, 0.25) is 0 Å². The number of aryl methyl sites for hydroxylation is 1. The summed E-state index contributed by atoms with van der Waals surface area (Å²) in [5.74, 6) is 6.38. The predicted molar refractivity (Wildman–Crippen MR) is 80.6 cm³/mol. The van der Waals surface area contributed by atoms with Crippen LogP contribution >= 0.6 is 11.8 Å². The number of aromatic nitrogens is 1. The molecule has 0 amide bonds. The number of nitrogen functional groups attached to an aromatic ring is 1. The topological polar surface area (TPSA) is 77.0 Å². The van der Waals surface area contributed by atoms with E-state index in [9.17, 15) is 4.39 Å². The van der Waals surface area contributed by atoms with Crippen molar-refractivity contribution >= 4 is 17.6 Å². The Morgan fingerprint density at radius 1 is 1.35 bits per heavy atom. The highest BCUT2D eigenvalue weighted by Crippen LogP contribution is 2.29. The molecule has 20 heavy (non-hydrogen) atoms. The minimum absolute atomic E-state index is 0.187. The number of hydrogen-bond acceptors (Lipinski definition) is 5. The number of hydrazine groups is 1. The molecule has 0 aliphatic carbocycles. The van der Waals surface area contributed by atoms with Crippen molar-refractivity contribution in [3.8, 4) is 0 Å². The van der Waals surface area contributed by atoms with Crippen LogP contribution in [-0.2, 0) is 0 Å². The molecule has 1 aromatic carbocycles. The van der Waals surface area contributed by atoms with Gasteiger partial charge in [0.25, 0.3) is 0 Å². The van der Waals surface area contributed by atoms with Crippen molar-refractivity contribution in [3.63, 3.8) is 0 Å². The molecule has 5 N–H and O–H groups in total. The number of hydrogen-bond donors (Lipinski definition) is 3. The van der Waals surface area contributed by atoms with E-state index in [0.29, 0.717) is 16.5 Å². The van der Waals surface area contributed by atoms with Crippen molar-refractivity contribution < 1.29 is 4.39 Å². The SMILES string of the molecule is Cc1ccnc(N)c1C(CSc1ccccc1F)NN. The third kappa shape index (κ3) is 3.27. The second kappa shape index (κ2) is 6.69. The van der Waals surface area contributed by atoms with Gasteiger partial charge in [-0.05, 0) is 30.7 Å². The minimum atomic E-state index is -0.232. The van der Waals surface area contributed by atoms with Crippen LogP contribution in [0, 0.1) is 12.7 Å². The first kappa shape index (κ1) is 14.8. The lowest BCUT2D eigenvalue weighted by Gasteiger charge is -2.19. The summed E-state index contributed by atoms with van der Waals surface area (Å²) in [6.45, 7) is 1.95. The summed E-state index contributed by atoms with van der Waals surface area (Å²) in [4.78, 5) is 4.67. The van der Waals surface area contributed by atoms with Gasteiger partial charge in [0.15, 0.2) is 0 Å². The van der Waals surface area contributed by atoms with Gasteiger partial charge in [-0.3, -0.25) is 11.3 Å². The minimum Gasteiger partial charge on any atom is -0.383 e. The fraction of sp³-hybridized carbons (Fsp3) is 0.214. The molecule has 0 saturated heterocycles. The maximum Gasteiger partial charge on any atom is 0.136 e. The quantitative estimate of drug-likeness (QED) is 0.448. The van der Waals surface area contributed by atoms with Gasteiger partial charge in [0.05, 0.1) is 6.04 Å². The first-order valence-corrected chi connectivity index (χ1v) is 7.16. The molecule has 1 aromatic heterocycles. The number of rotatable bonds is 5. The summed E-state index contributed by atoms with van der Waals surface area (Å²) in [6.07, 6.45) is 1.66. The lowest BCUT2D eigenvalue weighted by atomic mass is 10.0. The first-order valence-electron chi connectivity index (χ1n) is 6.18. The zero-order chi connectivity index (χ0) is 14.5. The Hall–Kier alpha value is -1.63. The Bertz CT molecular complexity index is 571. The smallest absolute Gasteiger partial charge is 0.136 e. The number of benzene rings is 1. The molecule has 0 fully saturated rings. The summed E-state index contributed by atoms with van der Waals surface area (Å²) in [5, 5.41) is 0. The van der Waals surface area contributed by atoms with E-state index in [1.165, 1.54) is 17.8 Å². The highest BCUT2D eigenvalue weighted by Gasteiger charge is 2.17. The zero-order valence-electron chi connectivity index (χ0n) is 11.1. The van der Waals surface area contributed by atoms with Crippen LogP contribution in [-0.4, -0.2) is 10.7 Å². The maximum absolute atomic E-state index is 13.6. The Morgan fingerprint density at radius 2 is 2.10 bits per heavy atom. The monoisotopic (exact) mass is 292 g/mol. The lowest BCUT2D eigenvalue weighted by Crippen LogP contribution is -2.31. The average Bonchev–Trinajstić information content (AvgIpc) is 2.43. The number of nitrogens with zero attached hydrogens (tertiary/aromatic N) is 1. The van der Waals surface area contributed by atoms with Crippen LogP contribution in [0.2, 0.25) is 0 Å². The molecule has 4 nitrogen and oxygen atoms in total. The van der Waals surface area contributed by atoms with Gasteiger partial charge in [-0.1, -0.05) is 12.1 Å². The van der Waals surface area contributed by atoms with Crippen LogP contribution in [0.5, 0.6) is 0 Å². The molecular weight excluding hydrogens is 275 g/mol. The van der Waals surface area contributed by atoms with E-state index in [1.54, 1.807) is 24.4 Å². The van der Waals surface area contributed by atoms with E-state index < -0.39 is 0 Å². The largest absolute Gasteiger partial charge is 0.383 e. The van der Waals surface area contributed by atoms with Crippen molar-refractivity contribution in [2.45, 2.75) is 17.9 Å². The standard InChI is InChI=1S/C14H17FN4S/c1-9-6-7-18-14(16)13(9)11(19-17)8-20-12-5-3-2-4-10(12)15/h2-7,11,19H,8,17H2,1H3,(H2,16,18). The fourth-order valence-corrected chi connectivity index (χ4v) is 2.98. The van der Waals surface area contributed by atoms with Crippen molar-refractivity contribution in [1.82, 2.24) is 10.4 Å². The van der Waals surface area contributed by atoms with Gasteiger partial charge in [-0.2, -0.15) is 0 Å². The van der Waals surface area contributed by atoms with Crippen molar-refractivity contribution in [1.29, 1.82) is 0 Å². The van der Waals surface area contributed by atoms with E-state index in [2.05, 4.69) is 10.4 Å². The number of thioether (sulfide) groups is 1. The molecule has 2 rings (SSSR count). The summed E-state index contributed by atoms with van der Waals surface area (Å²) in [6, 6.07) is 8.35. The molecule has 0 radical (unpaired) electrons. The van der Waals surface area contributed by atoms with E-state index >= 15 is 0 Å². The number of nitrogens with two attached hydrogens (primary N) is 2. The third-order valence-electron chi connectivity index (χ3n) is 3.03. The molecular formula is C14H17FN4S. The lowest BCUT2D eigenvalue weighted by molar-refractivity contribution is 0.596. The number of halogens is 1. The summed E-state index contributed by atoms with van der Waals surface area (Å²) in [5.41, 5.74) is 10.5. The normalized spacial score (nSPS) is 12.3. The second-order valence-corrected chi connectivity index (χ2v) is 5.45. The van der Waals surface area contributed by atoms with Gasteiger partial charge in [0.1, 0.15) is 11.6 Å². The summed E-state index contributed by atoms with van der Waals surface area (Å²) in [7, 11) is 0. The highest BCUT2D eigenvalue weighted by molar-refractivity contribution is 7.99. The molecule has 0 saturated carbocycles. The molecule has 106 valence electrons. The fourth-order valence-electron chi connectivity index (χ4n) is 1.99. The molecule has 1 heterocycles. The van der Waals surface area contributed by atoms with E-state index in [0.717, 1.165) is 11.1 Å². The van der Waals surface area contributed by atoms with E-state index in [4.69, 9.17) is 11.6 Å². The Morgan fingerprint density at radius 3 is 2.75 bits per heavy atom. The van der Waals surface area contributed by atoms with Crippen LogP contribution in [0.1, 0.15) is 17.2 Å². The Labute approximate surface area is 121 Å². The van der Waals surface area contributed by atoms with Crippen molar-refractivity contribution in [2.75, 3.05) is 11.5 Å².